The highest BCUT2D eigenvalue weighted by molar-refractivity contribution is 5.53. The molecule has 0 amide bonds. The standard InChI is InChI=1S/C22H28O5/c1-11(2)21-18(26-21)8-16-20(3)6-5-12-13(10-25-15(12)9-23)14(20)7-17-22(16,27-17)19(21)24-4/h8,10-11,14,17-19,23H,5-7,9H2,1-4H3/t14-,17-,18-,19+,20-,21-,22+/m0/s1. The lowest BCUT2D eigenvalue weighted by Gasteiger charge is -2.51. The van der Waals surface area contributed by atoms with Crippen molar-refractivity contribution < 1.29 is 23.7 Å². The van der Waals surface area contributed by atoms with Crippen LogP contribution in [0.15, 0.2) is 22.3 Å². The molecule has 3 aliphatic carbocycles. The van der Waals surface area contributed by atoms with E-state index in [1.807, 2.05) is 6.26 Å². The number of ether oxygens (including phenoxy) is 3. The minimum Gasteiger partial charge on any atom is -0.466 e. The zero-order valence-electron chi connectivity index (χ0n) is 16.5. The van der Waals surface area contributed by atoms with Gasteiger partial charge in [-0.25, -0.2) is 0 Å². The van der Waals surface area contributed by atoms with Gasteiger partial charge in [-0.15, -0.1) is 0 Å². The van der Waals surface area contributed by atoms with Gasteiger partial charge in [-0.05, 0) is 53.2 Å². The van der Waals surface area contributed by atoms with E-state index in [9.17, 15) is 5.11 Å². The molecule has 0 radical (unpaired) electrons. The van der Waals surface area contributed by atoms with Crippen LogP contribution in [-0.4, -0.2) is 41.7 Å². The number of aliphatic hydroxyl groups excluding tert-OH is 1. The van der Waals surface area contributed by atoms with Gasteiger partial charge in [0.25, 0.3) is 0 Å². The number of furan rings is 1. The van der Waals surface area contributed by atoms with Gasteiger partial charge in [0.05, 0.1) is 12.4 Å². The third-order valence-electron chi connectivity index (χ3n) is 8.41. The molecule has 5 nitrogen and oxygen atoms in total. The highest BCUT2D eigenvalue weighted by atomic mass is 16.7. The number of fused-ring (bicyclic) bond motifs is 5. The summed E-state index contributed by atoms with van der Waals surface area (Å²) < 4.78 is 24.6. The molecule has 3 fully saturated rings. The number of aliphatic hydroxyl groups is 1. The van der Waals surface area contributed by atoms with Crippen LogP contribution < -0.4 is 0 Å². The van der Waals surface area contributed by atoms with E-state index in [1.165, 1.54) is 16.7 Å². The minimum absolute atomic E-state index is 0.0163. The Labute approximate surface area is 159 Å². The molecule has 2 saturated heterocycles. The van der Waals surface area contributed by atoms with Gasteiger partial charge in [-0.2, -0.15) is 0 Å². The second-order valence-electron chi connectivity index (χ2n) is 9.60. The van der Waals surface area contributed by atoms with E-state index in [2.05, 4.69) is 26.8 Å². The van der Waals surface area contributed by atoms with Gasteiger partial charge in [0.2, 0.25) is 0 Å². The summed E-state index contributed by atoms with van der Waals surface area (Å²) in [7, 11) is 1.81. The summed E-state index contributed by atoms with van der Waals surface area (Å²) in [5.74, 6) is 1.48. The van der Waals surface area contributed by atoms with E-state index in [1.54, 1.807) is 7.11 Å². The summed E-state index contributed by atoms with van der Waals surface area (Å²) >= 11 is 0. The van der Waals surface area contributed by atoms with Crippen molar-refractivity contribution in [3.05, 3.63) is 34.8 Å². The Balaban J connectivity index is 1.49. The van der Waals surface area contributed by atoms with Gasteiger partial charge in [-0.1, -0.05) is 26.8 Å². The largest absolute Gasteiger partial charge is 0.466 e. The van der Waals surface area contributed by atoms with Crippen LogP contribution in [-0.2, 0) is 27.2 Å². The molecule has 1 spiro atoms. The van der Waals surface area contributed by atoms with Crippen molar-refractivity contribution in [2.45, 2.75) is 82.1 Å². The van der Waals surface area contributed by atoms with Gasteiger partial charge >= 0.3 is 0 Å². The molecule has 5 aliphatic rings. The Hall–Kier alpha value is -1.14. The van der Waals surface area contributed by atoms with E-state index >= 15 is 0 Å². The molecule has 146 valence electrons. The van der Waals surface area contributed by atoms with Crippen molar-refractivity contribution >= 4 is 0 Å². The Morgan fingerprint density at radius 1 is 1.33 bits per heavy atom. The molecule has 1 N–H and O–H groups in total. The van der Waals surface area contributed by atoms with Crippen molar-refractivity contribution in [1.82, 2.24) is 0 Å². The first-order valence-electron chi connectivity index (χ1n) is 10.2. The van der Waals surface area contributed by atoms with E-state index in [-0.39, 0.29) is 41.5 Å². The summed E-state index contributed by atoms with van der Waals surface area (Å²) in [6, 6.07) is 0. The van der Waals surface area contributed by atoms with Gasteiger partial charge < -0.3 is 23.7 Å². The average Bonchev–Trinajstić information content (AvgIpc) is 3.51. The zero-order valence-corrected chi connectivity index (χ0v) is 16.5. The maximum absolute atomic E-state index is 9.61. The maximum Gasteiger partial charge on any atom is 0.145 e. The second-order valence-corrected chi connectivity index (χ2v) is 9.60. The van der Waals surface area contributed by atoms with Gasteiger partial charge in [0.1, 0.15) is 35.8 Å². The second kappa shape index (κ2) is 4.88. The molecule has 2 aliphatic heterocycles. The van der Waals surface area contributed by atoms with Crippen molar-refractivity contribution in [1.29, 1.82) is 0 Å². The lowest BCUT2D eigenvalue weighted by atomic mass is 9.51. The highest BCUT2D eigenvalue weighted by Gasteiger charge is 2.82. The highest BCUT2D eigenvalue weighted by Crippen LogP contribution is 2.73. The van der Waals surface area contributed by atoms with Crippen molar-refractivity contribution in [3.8, 4) is 0 Å². The molecule has 27 heavy (non-hydrogen) atoms. The first-order valence-corrected chi connectivity index (χ1v) is 10.2. The molecule has 1 aromatic rings. The van der Waals surface area contributed by atoms with E-state index in [0.717, 1.165) is 25.0 Å². The average molecular weight is 372 g/mol. The van der Waals surface area contributed by atoms with Gasteiger partial charge in [0, 0.05) is 7.11 Å². The summed E-state index contributed by atoms with van der Waals surface area (Å²) in [5.41, 5.74) is 3.33. The first kappa shape index (κ1) is 16.8. The SMILES string of the molecule is CO[C@H]1[C@]23O[C@H]2C[C@H]2c4coc(CO)c4CC[C@]2(C)C3=C[C@@H]2O[C@@]21C(C)C. The number of hydrogen-bond donors (Lipinski definition) is 1. The Morgan fingerprint density at radius 3 is 2.85 bits per heavy atom. The number of hydrogen-bond acceptors (Lipinski definition) is 5. The molecule has 1 aromatic heterocycles. The normalized spacial score (nSPS) is 48.7. The molecule has 0 aromatic carbocycles. The monoisotopic (exact) mass is 372 g/mol. The fraction of sp³-hybridized carbons (Fsp3) is 0.727. The van der Waals surface area contributed by atoms with E-state index < -0.39 is 0 Å². The van der Waals surface area contributed by atoms with Crippen LogP contribution in [0, 0.1) is 11.3 Å². The number of epoxide rings is 2. The molecule has 5 heteroatoms. The maximum atomic E-state index is 9.61. The summed E-state index contributed by atoms with van der Waals surface area (Å²) in [5, 5.41) is 9.61. The summed E-state index contributed by atoms with van der Waals surface area (Å²) in [6.07, 6.45) is 7.46. The molecule has 0 unspecified atom stereocenters. The van der Waals surface area contributed by atoms with Gasteiger partial charge in [0.15, 0.2) is 0 Å². The van der Waals surface area contributed by atoms with Crippen LogP contribution in [0.2, 0.25) is 0 Å². The molecular formula is C22H28O5. The number of rotatable bonds is 3. The zero-order chi connectivity index (χ0) is 18.8. The summed E-state index contributed by atoms with van der Waals surface area (Å²) in [6.45, 7) is 6.81. The van der Waals surface area contributed by atoms with Crippen LogP contribution in [0.5, 0.6) is 0 Å². The lowest BCUT2D eigenvalue weighted by molar-refractivity contribution is -0.0411. The molecule has 0 bridgehead atoms. The van der Waals surface area contributed by atoms with Crippen LogP contribution >= 0.6 is 0 Å². The topological polar surface area (TPSA) is 67.7 Å². The third-order valence-corrected chi connectivity index (χ3v) is 8.41. The van der Waals surface area contributed by atoms with Gasteiger partial charge in [-0.3, -0.25) is 0 Å². The minimum atomic E-state index is -0.321. The molecule has 1 saturated carbocycles. The predicted octanol–water partition coefficient (Wildman–Crippen LogP) is 3.10. The summed E-state index contributed by atoms with van der Waals surface area (Å²) in [4.78, 5) is 0. The Kier molecular flexibility index (Phi) is 3.03. The quantitative estimate of drug-likeness (QED) is 0.652. The third kappa shape index (κ3) is 1.68. The Bertz CT molecular complexity index is 855. The van der Waals surface area contributed by atoms with Crippen LogP contribution in [0.4, 0.5) is 0 Å². The molecule has 6 rings (SSSR count). The van der Waals surface area contributed by atoms with E-state index in [4.69, 9.17) is 18.6 Å². The number of methoxy groups -OCH3 is 1. The fourth-order valence-electron chi connectivity index (χ4n) is 6.95. The molecule has 3 heterocycles. The molecule has 7 atom stereocenters. The lowest BCUT2D eigenvalue weighted by Crippen LogP contribution is -2.58. The predicted molar refractivity (Wildman–Crippen MR) is 97.3 cm³/mol. The van der Waals surface area contributed by atoms with Crippen molar-refractivity contribution in [3.63, 3.8) is 0 Å². The van der Waals surface area contributed by atoms with Crippen LogP contribution in [0.1, 0.15) is 56.4 Å². The Morgan fingerprint density at radius 2 is 2.15 bits per heavy atom. The molecular weight excluding hydrogens is 344 g/mol. The smallest absolute Gasteiger partial charge is 0.145 e. The fourth-order valence-corrected chi connectivity index (χ4v) is 6.95. The van der Waals surface area contributed by atoms with Crippen LogP contribution in [0.3, 0.4) is 0 Å². The van der Waals surface area contributed by atoms with Crippen LogP contribution in [0.25, 0.3) is 0 Å². The van der Waals surface area contributed by atoms with Crippen molar-refractivity contribution in [2.75, 3.05) is 7.11 Å². The van der Waals surface area contributed by atoms with E-state index in [0.29, 0.717) is 11.8 Å². The van der Waals surface area contributed by atoms with Crippen molar-refractivity contribution in [2.24, 2.45) is 11.3 Å². The first-order chi connectivity index (χ1) is 12.9.